The summed E-state index contributed by atoms with van der Waals surface area (Å²) < 4.78 is 0.965. The fourth-order valence-electron chi connectivity index (χ4n) is 1.72. The van der Waals surface area contributed by atoms with E-state index in [4.69, 9.17) is 17.3 Å². The molecule has 2 aromatic rings. The van der Waals surface area contributed by atoms with Crippen molar-refractivity contribution in [2.24, 2.45) is 5.73 Å². The first-order valence-electron chi connectivity index (χ1n) is 5.86. The first-order chi connectivity index (χ1) is 9.08. The molecule has 5 heteroatoms. The summed E-state index contributed by atoms with van der Waals surface area (Å²) in [4.78, 5) is 4.37. The van der Waals surface area contributed by atoms with Gasteiger partial charge in [-0.2, -0.15) is 0 Å². The van der Waals surface area contributed by atoms with E-state index in [-0.39, 0.29) is 11.3 Å². The van der Waals surface area contributed by atoms with Gasteiger partial charge in [-0.3, -0.25) is 0 Å². The highest BCUT2D eigenvalue weighted by Crippen LogP contribution is 2.39. The average Bonchev–Trinajstić information content (AvgIpc) is 2.39. The second-order valence-electron chi connectivity index (χ2n) is 4.23. The Balaban J connectivity index is 2.27. The maximum absolute atomic E-state index is 6.26. The molecule has 2 rings (SSSR count). The Labute approximate surface area is 130 Å². The largest absolute Gasteiger partial charge is 0.327 e. The normalized spacial score (nSPS) is 14.1. The van der Waals surface area contributed by atoms with Gasteiger partial charge in [0.15, 0.2) is 0 Å². The van der Waals surface area contributed by atoms with Gasteiger partial charge in [0.05, 0.1) is 10.3 Å². The number of rotatable bonds is 4. The highest BCUT2D eigenvalue weighted by molar-refractivity contribution is 9.10. The number of nitrogens with two attached hydrogens (primary N) is 1. The molecule has 0 saturated carbocycles. The third kappa shape index (κ3) is 3.96. The highest BCUT2D eigenvalue weighted by atomic mass is 79.9. The van der Waals surface area contributed by atoms with Crippen molar-refractivity contribution in [2.75, 3.05) is 0 Å². The molecule has 0 aliphatic carbocycles. The van der Waals surface area contributed by atoms with Crippen LogP contribution in [-0.2, 0) is 0 Å². The summed E-state index contributed by atoms with van der Waals surface area (Å²) in [6, 6.07) is 11.7. The van der Waals surface area contributed by atoms with Crippen molar-refractivity contribution >= 4 is 39.3 Å². The summed E-state index contributed by atoms with van der Waals surface area (Å²) in [6.45, 7) is 1.99. The Morgan fingerprint density at radius 2 is 2.00 bits per heavy atom. The Bertz CT molecular complexity index is 545. The lowest BCUT2D eigenvalue weighted by molar-refractivity contribution is 0.720. The summed E-state index contributed by atoms with van der Waals surface area (Å²) >= 11 is 11.3. The van der Waals surface area contributed by atoms with Crippen LogP contribution in [0.3, 0.4) is 0 Å². The smallest absolute Gasteiger partial charge is 0.0967 e. The number of halogens is 2. The van der Waals surface area contributed by atoms with Crippen molar-refractivity contribution in [3.63, 3.8) is 0 Å². The summed E-state index contributed by atoms with van der Waals surface area (Å²) in [5.74, 6) is 0. The number of pyridine rings is 1. The van der Waals surface area contributed by atoms with E-state index in [0.29, 0.717) is 0 Å². The molecule has 1 aromatic heterocycles. The Hall–Kier alpha value is -0.550. The van der Waals surface area contributed by atoms with Crippen LogP contribution in [0, 0.1) is 0 Å². The van der Waals surface area contributed by atoms with Crippen molar-refractivity contribution in [3.05, 3.63) is 57.7 Å². The average molecular weight is 358 g/mol. The lowest BCUT2D eigenvalue weighted by Crippen LogP contribution is -2.22. The van der Waals surface area contributed by atoms with Crippen LogP contribution >= 0.6 is 39.3 Å². The number of benzene rings is 1. The third-order valence-corrected chi connectivity index (χ3v) is 4.87. The Morgan fingerprint density at radius 3 is 2.58 bits per heavy atom. The van der Waals surface area contributed by atoms with Gasteiger partial charge >= 0.3 is 0 Å². The summed E-state index contributed by atoms with van der Waals surface area (Å²) in [6.07, 6.45) is 1.78. The maximum Gasteiger partial charge on any atom is 0.0967 e. The van der Waals surface area contributed by atoms with E-state index in [9.17, 15) is 0 Å². The molecule has 0 spiro atoms. The van der Waals surface area contributed by atoms with Gasteiger partial charge in [-0.1, -0.05) is 41.6 Å². The van der Waals surface area contributed by atoms with Gasteiger partial charge in [0.2, 0.25) is 0 Å². The molecule has 100 valence electrons. The first-order valence-corrected chi connectivity index (χ1v) is 7.91. The van der Waals surface area contributed by atoms with Crippen molar-refractivity contribution < 1.29 is 0 Å². The minimum absolute atomic E-state index is 0.0182. The quantitative estimate of drug-likeness (QED) is 0.808. The van der Waals surface area contributed by atoms with E-state index in [0.717, 1.165) is 20.1 Å². The zero-order valence-corrected chi connectivity index (χ0v) is 13.5. The molecule has 0 amide bonds. The van der Waals surface area contributed by atoms with Crippen LogP contribution in [0.5, 0.6) is 0 Å². The zero-order chi connectivity index (χ0) is 13.8. The number of thioether (sulfide) groups is 1. The van der Waals surface area contributed by atoms with Crippen LogP contribution in [0.2, 0.25) is 5.02 Å². The topological polar surface area (TPSA) is 38.9 Å². The summed E-state index contributed by atoms with van der Waals surface area (Å²) in [5.41, 5.74) is 7.15. The number of hydrogen-bond acceptors (Lipinski definition) is 3. The van der Waals surface area contributed by atoms with Crippen LogP contribution in [0.1, 0.15) is 17.7 Å². The molecule has 1 aromatic carbocycles. The van der Waals surface area contributed by atoms with Gasteiger partial charge in [0, 0.05) is 21.7 Å². The fourth-order valence-corrected chi connectivity index (χ4v) is 3.34. The van der Waals surface area contributed by atoms with E-state index < -0.39 is 0 Å². The Morgan fingerprint density at radius 1 is 1.26 bits per heavy atom. The van der Waals surface area contributed by atoms with Gasteiger partial charge in [-0.05, 0) is 46.6 Å². The van der Waals surface area contributed by atoms with Gasteiger partial charge < -0.3 is 5.73 Å². The zero-order valence-electron chi connectivity index (χ0n) is 10.4. The van der Waals surface area contributed by atoms with Gasteiger partial charge in [0.25, 0.3) is 0 Å². The van der Waals surface area contributed by atoms with E-state index in [1.165, 1.54) is 0 Å². The second kappa shape index (κ2) is 6.75. The van der Waals surface area contributed by atoms with Gasteiger partial charge in [-0.25, -0.2) is 4.98 Å². The van der Waals surface area contributed by atoms with Crippen molar-refractivity contribution in [2.45, 2.75) is 23.2 Å². The number of nitrogens with zero attached hydrogens (tertiary/aromatic N) is 1. The lowest BCUT2D eigenvalue weighted by Gasteiger charge is -2.21. The third-order valence-electron chi connectivity index (χ3n) is 2.64. The SMILES string of the molecule is CC(N)C(Sc1ccc(Br)cn1)c1ccccc1Cl. The molecule has 0 bridgehead atoms. The van der Waals surface area contributed by atoms with Crippen LogP contribution in [0.25, 0.3) is 0 Å². The summed E-state index contributed by atoms with van der Waals surface area (Å²) in [5, 5.41) is 1.77. The molecule has 0 saturated heterocycles. The molecule has 2 unspecified atom stereocenters. The second-order valence-corrected chi connectivity index (χ2v) is 6.72. The molecule has 2 N–H and O–H groups in total. The van der Waals surface area contributed by atoms with Crippen molar-refractivity contribution in [1.82, 2.24) is 4.98 Å². The first kappa shape index (κ1) is 14.9. The minimum atomic E-state index is -0.0182. The number of hydrogen-bond donors (Lipinski definition) is 1. The molecule has 19 heavy (non-hydrogen) atoms. The molecular formula is C14H14BrClN2S. The van der Waals surface area contributed by atoms with E-state index >= 15 is 0 Å². The van der Waals surface area contributed by atoms with E-state index in [1.807, 2.05) is 43.3 Å². The molecule has 1 heterocycles. The van der Waals surface area contributed by atoms with Crippen LogP contribution in [-0.4, -0.2) is 11.0 Å². The Kier molecular flexibility index (Phi) is 5.28. The molecule has 0 fully saturated rings. The van der Waals surface area contributed by atoms with Gasteiger partial charge in [0.1, 0.15) is 0 Å². The van der Waals surface area contributed by atoms with Crippen LogP contribution < -0.4 is 5.73 Å². The molecule has 0 aliphatic rings. The predicted molar refractivity (Wildman–Crippen MR) is 85.6 cm³/mol. The fraction of sp³-hybridized carbons (Fsp3) is 0.214. The van der Waals surface area contributed by atoms with Gasteiger partial charge in [-0.15, -0.1) is 0 Å². The highest BCUT2D eigenvalue weighted by Gasteiger charge is 2.20. The lowest BCUT2D eigenvalue weighted by atomic mass is 10.1. The van der Waals surface area contributed by atoms with Crippen LogP contribution in [0.4, 0.5) is 0 Å². The van der Waals surface area contributed by atoms with E-state index in [1.54, 1.807) is 18.0 Å². The maximum atomic E-state index is 6.26. The standard InChI is InChI=1S/C14H14BrClN2S/c1-9(17)14(11-4-2-3-5-12(11)16)19-13-7-6-10(15)8-18-13/h2-9,14H,17H2,1H3. The number of aromatic nitrogens is 1. The van der Waals surface area contributed by atoms with E-state index in [2.05, 4.69) is 20.9 Å². The molecular weight excluding hydrogens is 344 g/mol. The molecule has 0 radical (unpaired) electrons. The molecule has 2 nitrogen and oxygen atoms in total. The summed E-state index contributed by atoms with van der Waals surface area (Å²) in [7, 11) is 0. The predicted octanol–water partition coefficient (Wildman–Crippen LogP) is 4.68. The monoisotopic (exact) mass is 356 g/mol. The van der Waals surface area contributed by atoms with Crippen molar-refractivity contribution in [1.29, 1.82) is 0 Å². The van der Waals surface area contributed by atoms with Crippen molar-refractivity contribution in [3.8, 4) is 0 Å². The molecule has 0 aliphatic heterocycles. The van der Waals surface area contributed by atoms with Crippen LogP contribution in [0.15, 0.2) is 52.1 Å². The minimum Gasteiger partial charge on any atom is -0.327 e. The molecule has 2 atom stereocenters.